The van der Waals surface area contributed by atoms with Crippen LogP contribution in [-0.2, 0) is 4.79 Å². The lowest BCUT2D eigenvalue weighted by molar-refractivity contribution is -0.131. The molecule has 0 saturated carbocycles. The number of benzene rings is 1. The summed E-state index contributed by atoms with van der Waals surface area (Å²) in [7, 11) is 0. The summed E-state index contributed by atoms with van der Waals surface area (Å²) in [6, 6.07) is 2.16. The molecule has 2 heterocycles. The van der Waals surface area contributed by atoms with Gasteiger partial charge in [-0.25, -0.2) is 13.8 Å². The summed E-state index contributed by atoms with van der Waals surface area (Å²) < 4.78 is 27.5. The van der Waals surface area contributed by atoms with E-state index in [1.165, 1.54) is 17.4 Å². The van der Waals surface area contributed by atoms with E-state index in [4.69, 9.17) is 0 Å². The molecular formula is C15H17F2N3OS. The summed E-state index contributed by atoms with van der Waals surface area (Å²) in [5, 5.41) is 0.682. The van der Waals surface area contributed by atoms with Gasteiger partial charge in [0.1, 0.15) is 11.3 Å². The number of carbonyl (C=O) groups excluding carboxylic acids is 1. The third-order valence-corrected chi connectivity index (χ3v) is 4.83. The number of thiazole rings is 1. The number of rotatable bonds is 3. The van der Waals surface area contributed by atoms with Gasteiger partial charge in [0, 0.05) is 38.7 Å². The van der Waals surface area contributed by atoms with E-state index in [1.54, 1.807) is 0 Å². The quantitative estimate of drug-likeness (QED) is 0.870. The Hall–Kier alpha value is -1.76. The zero-order chi connectivity index (χ0) is 15.7. The number of halogens is 2. The molecule has 1 fully saturated rings. The van der Waals surface area contributed by atoms with E-state index in [9.17, 15) is 13.6 Å². The lowest BCUT2D eigenvalue weighted by Gasteiger charge is -2.34. The van der Waals surface area contributed by atoms with Crippen molar-refractivity contribution >= 4 is 32.6 Å². The van der Waals surface area contributed by atoms with Gasteiger partial charge in [0.2, 0.25) is 5.91 Å². The molecule has 0 unspecified atom stereocenters. The van der Waals surface area contributed by atoms with Gasteiger partial charge in [-0.1, -0.05) is 18.3 Å². The zero-order valence-corrected chi connectivity index (χ0v) is 13.1. The maximum atomic E-state index is 13.7. The highest BCUT2D eigenvalue weighted by molar-refractivity contribution is 7.22. The first-order chi connectivity index (χ1) is 10.6. The highest BCUT2D eigenvalue weighted by Crippen LogP contribution is 2.31. The smallest absolute Gasteiger partial charge is 0.222 e. The molecule has 7 heteroatoms. The van der Waals surface area contributed by atoms with Gasteiger partial charge in [0.25, 0.3) is 0 Å². The van der Waals surface area contributed by atoms with E-state index in [2.05, 4.69) is 4.98 Å². The van der Waals surface area contributed by atoms with Gasteiger partial charge < -0.3 is 9.80 Å². The topological polar surface area (TPSA) is 36.4 Å². The maximum Gasteiger partial charge on any atom is 0.222 e. The molecule has 0 aliphatic carbocycles. The third-order valence-electron chi connectivity index (χ3n) is 3.77. The monoisotopic (exact) mass is 325 g/mol. The van der Waals surface area contributed by atoms with Crippen LogP contribution in [0, 0.1) is 11.6 Å². The van der Waals surface area contributed by atoms with Crippen LogP contribution in [0.1, 0.15) is 19.8 Å². The first kappa shape index (κ1) is 15.1. The summed E-state index contributed by atoms with van der Waals surface area (Å²) in [6.07, 6.45) is 1.42. The molecule has 0 bridgehead atoms. The lowest BCUT2D eigenvalue weighted by atomic mass is 10.2. The summed E-state index contributed by atoms with van der Waals surface area (Å²) >= 11 is 1.28. The Labute approximate surface area is 131 Å². The number of hydrogen-bond donors (Lipinski definition) is 0. The van der Waals surface area contributed by atoms with Crippen molar-refractivity contribution in [3.63, 3.8) is 0 Å². The van der Waals surface area contributed by atoms with Crippen molar-refractivity contribution in [1.82, 2.24) is 9.88 Å². The average molecular weight is 325 g/mol. The van der Waals surface area contributed by atoms with Crippen molar-refractivity contribution in [2.45, 2.75) is 19.8 Å². The number of fused-ring (bicyclic) bond motifs is 1. The van der Waals surface area contributed by atoms with Crippen LogP contribution in [0.3, 0.4) is 0 Å². The molecule has 1 aliphatic rings. The molecule has 2 aromatic rings. The zero-order valence-electron chi connectivity index (χ0n) is 12.3. The van der Waals surface area contributed by atoms with Crippen LogP contribution in [-0.4, -0.2) is 42.0 Å². The number of anilines is 1. The van der Waals surface area contributed by atoms with Gasteiger partial charge in [-0.05, 0) is 12.5 Å². The third kappa shape index (κ3) is 2.90. The van der Waals surface area contributed by atoms with E-state index >= 15 is 0 Å². The van der Waals surface area contributed by atoms with Crippen LogP contribution in [0.25, 0.3) is 10.2 Å². The molecule has 1 aromatic heterocycles. The van der Waals surface area contributed by atoms with Crippen LogP contribution >= 0.6 is 11.3 Å². The highest BCUT2D eigenvalue weighted by atomic mass is 32.1. The second-order valence-corrected chi connectivity index (χ2v) is 6.36. The molecule has 0 radical (unpaired) electrons. The van der Waals surface area contributed by atoms with Gasteiger partial charge in [-0.15, -0.1) is 0 Å². The van der Waals surface area contributed by atoms with Crippen molar-refractivity contribution < 1.29 is 13.6 Å². The Bertz CT molecular complexity index is 695. The van der Waals surface area contributed by atoms with Crippen molar-refractivity contribution in [3.05, 3.63) is 23.8 Å². The van der Waals surface area contributed by atoms with Gasteiger partial charge in [0.15, 0.2) is 10.9 Å². The first-order valence-corrected chi connectivity index (χ1v) is 8.18. The van der Waals surface area contributed by atoms with Crippen molar-refractivity contribution in [2.24, 2.45) is 0 Å². The van der Waals surface area contributed by atoms with Crippen LogP contribution < -0.4 is 4.90 Å². The number of aromatic nitrogens is 1. The molecule has 22 heavy (non-hydrogen) atoms. The van der Waals surface area contributed by atoms with Crippen molar-refractivity contribution in [2.75, 3.05) is 31.1 Å². The summed E-state index contributed by atoms with van der Waals surface area (Å²) in [4.78, 5) is 20.0. The highest BCUT2D eigenvalue weighted by Gasteiger charge is 2.23. The second kappa shape index (κ2) is 6.16. The Balaban J connectivity index is 1.74. The fourth-order valence-corrected chi connectivity index (χ4v) is 3.66. The Morgan fingerprint density at radius 3 is 2.68 bits per heavy atom. The van der Waals surface area contributed by atoms with Crippen LogP contribution in [0.4, 0.5) is 13.9 Å². The van der Waals surface area contributed by atoms with Gasteiger partial charge in [0.05, 0.1) is 4.70 Å². The standard InChI is InChI=1S/C15H17F2N3OS/c1-2-3-13(21)19-4-6-20(7-5-19)15-18-14-11(17)8-10(16)9-12(14)22-15/h8-9H,2-7H2,1H3. The SMILES string of the molecule is CCCC(=O)N1CCN(c2nc3c(F)cc(F)cc3s2)CC1. The Morgan fingerprint density at radius 2 is 2.00 bits per heavy atom. The van der Waals surface area contributed by atoms with Crippen LogP contribution in [0.15, 0.2) is 12.1 Å². The molecule has 118 valence electrons. The molecule has 0 spiro atoms. The maximum absolute atomic E-state index is 13.7. The lowest BCUT2D eigenvalue weighted by Crippen LogP contribution is -2.48. The number of hydrogen-bond acceptors (Lipinski definition) is 4. The van der Waals surface area contributed by atoms with E-state index in [0.717, 1.165) is 12.5 Å². The van der Waals surface area contributed by atoms with Gasteiger partial charge in [-0.3, -0.25) is 4.79 Å². The van der Waals surface area contributed by atoms with Crippen LogP contribution in [0.5, 0.6) is 0 Å². The first-order valence-electron chi connectivity index (χ1n) is 7.37. The minimum Gasteiger partial charge on any atom is -0.345 e. The van der Waals surface area contributed by atoms with Crippen molar-refractivity contribution in [3.8, 4) is 0 Å². The molecule has 3 rings (SSSR count). The Morgan fingerprint density at radius 1 is 1.27 bits per heavy atom. The second-order valence-electron chi connectivity index (χ2n) is 5.35. The minimum atomic E-state index is -0.630. The number of carbonyl (C=O) groups is 1. The fraction of sp³-hybridized carbons (Fsp3) is 0.467. The normalized spacial score (nSPS) is 15.6. The minimum absolute atomic E-state index is 0.180. The summed E-state index contributed by atoms with van der Waals surface area (Å²) in [6.45, 7) is 4.61. The van der Waals surface area contributed by atoms with Gasteiger partial charge in [-0.2, -0.15) is 0 Å². The van der Waals surface area contributed by atoms with Crippen molar-refractivity contribution in [1.29, 1.82) is 0 Å². The molecule has 1 aromatic carbocycles. The van der Waals surface area contributed by atoms with Crippen LogP contribution in [0.2, 0.25) is 0 Å². The molecule has 0 N–H and O–H groups in total. The molecular weight excluding hydrogens is 308 g/mol. The predicted octanol–water partition coefficient (Wildman–Crippen LogP) is 3.02. The molecule has 1 aliphatic heterocycles. The summed E-state index contributed by atoms with van der Waals surface area (Å²) in [5.74, 6) is -1.04. The van der Waals surface area contributed by atoms with E-state index in [-0.39, 0.29) is 11.4 Å². The average Bonchev–Trinajstić information content (AvgIpc) is 2.92. The summed E-state index contributed by atoms with van der Waals surface area (Å²) in [5.41, 5.74) is 0.214. The van der Waals surface area contributed by atoms with Gasteiger partial charge >= 0.3 is 0 Å². The Kier molecular flexibility index (Phi) is 4.24. The molecule has 1 saturated heterocycles. The number of amides is 1. The number of nitrogens with zero attached hydrogens (tertiary/aromatic N) is 3. The number of piperazine rings is 1. The molecule has 0 atom stereocenters. The molecule has 1 amide bonds. The van der Waals surface area contributed by atoms with E-state index < -0.39 is 11.6 Å². The fourth-order valence-electron chi connectivity index (χ4n) is 2.60. The predicted molar refractivity (Wildman–Crippen MR) is 83.2 cm³/mol. The molecule has 4 nitrogen and oxygen atoms in total. The largest absolute Gasteiger partial charge is 0.345 e. The van der Waals surface area contributed by atoms with E-state index in [0.29, 0.717) is 42.4 Å². The van der Waals surface area contributed by atoms with E-state index in [1.807, 2.05) is 16.7 Å².